The number of nitrogens with zero attached hydrogens (tertiary/aromatic N) is 2. The summed E-state index contributed by atoms with van der Waals surface area (Å²) in [5.74, 6) is -0.377. The molecule has 0 saturated carbocycles. The molecular weight excluding hydrogens is 408 g/mol. The third-order valence-electron chi connectivity index (χ3n) is 3.56. The van der Waals surface area contributed by atoms with E-state index in [-0.39, 0.29) is 21.6 Å². The molecule has 27 heavy (non-hydrogen) atoms. The van der Waals surface area contributed by atoms with Crippen LogP contribution in [0.3, 0.4) is 0 Å². The molecule has 10 heteroatoms. The first-order chi connectivity index (χ1) is 12.8. The van der Waals surface area contributed by atoms with Crippen molar-refractivity contribution in [1.29, 1.82) is 0 Å². The van der Waals surface area contributed by atoms with E-state index in [4.69, 9.17) is 11.6 Å². The maximum Gasteiger partial charge on any atom is 0.271 e. The molecule has 0 aliphatic heterocycles. The Morgan fingerprint density at radius 2 is 1.81 bits per heavy atom. The van der Waals surface area contributed by atoms with E-state index in [2.05, 4.69) is 20.0 Å². The summed E-state index contributed by atoms with van der Waals surface area (Å²) in [7, 11) is -3.81. The Kier molecular flexibility index (Phi) is 5.73. The number of anilines is 1. The Balaban J connectivity index is 1.72. The van der Waals surface area contributed by atoms with Crippen LogP contribution in [0.1, 0.15) is 20.9 Å². The number of thiazole rings is 1. The minimum absolute atomic E-state index is 0.0587. The van der Waals surface area contributed by atoms with Crippen LogP contribution >= 0.6 is 22.9 Å². The van der Waals surface area contributed by atoms with E-state index in [9.17, 15) is 13.2 Å². The summed E-state index contributed by atoms with van der Waals surface area (Å²) >= 11 is 6.87. The summed E-state index contributed by atoms with van der Waals surface area (Å²) in [6, 6.07) is 9.35. The lowest BCUT2D eigenvalue weighted by atomic mass is 10.2. The molecule has 0 atom stereocenters. The molecule has 2 heterocycles. The van der Waals surface area contributed by atoms with Crippen molar-refractivity contribution in [3.63, 3.8) is 0 Å². The Labute approximate surface area is 165 Å². The molecule has 0 aliphatic rings. The van der Waals surface area contributed by atoms with Crippen molar-refractivity contribution in [2.45, 2.75) is 18.4 Å². The first kappa shape index (κ1) is 19.3. The molecule has 2 N–H and O–H groups in total. The van der Waals surface area contributed by atoms with E-state index in [0.717, 1.165) is 16.9 Å². The maximum atomic E-state index is 12.4. The number of sulfonamides is 1. The zero-order chi connectivity index (χ0) is 19.4. The average Bonchev–Trinajstić information content (AvgIpc) is 3.00. The minimum Gasteiger partial charge on any atom is -0.347 e. The third-order valence-corrected chi connectivity index (χ3v) is 6.18. The summed E-state index contributed by atoms with van der Waals surface area (Å²) in [5.41, 5.74) is 1.08. The fourth-order valence-corrected chi connectivity index (χ4v) is 4.38. The quantitative estimate of drug-likeness (QED) is 0.635. The van der Waals surface area contributed by atoms with Crippen molar-refractivity contribution in [3.8, 4) is 0 Å². The van der Waals surface area contributed by atoms with Gasteiger partial charge in [0.05, 0.1) is 4.90 Å². The van der Waals surface area contributed by atoms with E-state index < -0.39 is 10.0 Å². The van der Waals surface area contributed by atoms with Gasteiger partial charge in [-0.2, -0.15) is 0 Å². The number of rotatable bonds is 6. The van der Waals surface area contributed by atoms with Crippen molar-refractivity contribution in [2.75, 3.05) is 4.72 Å². The number of amides is 1. The van der Waals surface area contributed by atoms with Gasteiger partial charge in [0.1, 0.15) is 5.69 Å². The number of carbonyl (C=O) groups is 1. The monoisotopic (exact) mass is 422 g/mol. The molecule has 0 bridgehead atoms. The van der Waals surface area contributed by atoms with Gasteiger partial charge in [-0.05, 0) is 48.9 Å². The van der Waals surface area contributed by atoms with Crippen LogP contribution in [0.5, 0.6) is 0 Å². The lowest BCUT2D eigenvalue weighted by molar-refractivity contribution is 0.0946. The van der Waals surface area contributed by atoms with Crippen LogP contribution in [0.15, 0.2) is 53.7 Å². The van der Waals surface area contributed by atoms with Gasteiger partial charge in [0, 0.05) is 28.8 Å². The number of aryl methyl sites for hydroxylation is 1. The Hall–Kier alpha value is -2.49. The fourth-order valence-electron chi connectivity index (χ4n) is 2.21. The van der Waals surface area contributed by atoms with E-state index in [0.29, 0.717) is 16.4 Å². The van der Waals surface area contributed by atoms with Gasteiger partial charge in [-0.3, -0.25) is 14.5 Å². The van der Waals surface area contributed by atoms with Crippen LogP contribution in [0.25, 0.3) is 0 Å². The summed E-state index contributed by atoms with van der Waals surface area (Å²) in [5, 5.41) is 3.31. The number of hydrogen-bond acceptors (Lipinski definition) is 6. The largest absolute Gasteiger partial charge is 0.347 e. The Bertz CT molecular complexity index is 1050. The average molecular weight is 423 g/mol. The van der Waals surface area contributed by atoms with Crippen LogP contribution in [0, 0.1) is 6.92 Å². The second kappa shape index (κ2) is 8.03. The zero-order valence-electron chi connectivity index (χ0n) is 14.1. The highest BCUT2D eigenvalue weighted by Crippen LogP contribution is 2.25. The molecular formula is C17H15ClN4O3S2. The Morgan fingerprint density at radius 1 is 1.15 bits per heavy atom. The summed E-state index contributed by atoms with van der Waals surface area (Å²) < 4.78 is 27.2. The summed E-state index contributed by atoms with van der Waals surface area (Å²) in [4.78, 5) is 21.1. The predicted molar refractivity (Wildman–Crippen MR) is 105 cm³/mol. The molecule has 0 fully saturated rings. The number of pyridine rings is 1. The van der Waals surface area contributed by atoms with Gasteiger partial charge >= 0.3 is 0 Å². The number of benzene rings is 1. The highest BCUT2D eigenvalue weighted by atomic mass is 35.5. The minimum atomic E-state index is -3.81. The molecule has 7 nitrogen and oxygen atoms in total. The molecule has 0 saturated heterocycles. The lowest BCUT2D eigenvalue weighted by Crippen LogP contribution is -2.24. The van der Waals surface area contributed by atoms with Gasteiger partial charge < -0.3 is 5.32 Å². The SMILES string of the molecule is Cc1sc(NS(=O)(=O)c2ccc(Cl)cc2)nc1C(=O)NCc1ccncc1. The van der Waals surface area contributed by atoms with E-state index >= 15 is 0 Å². The number of carbonyl (C=O) groups excluding carboxylic acids is 1. The summed E-state index contributed by atoms with van der Waals surface area (Å²) in [6.07, 6.45) is 3.28. The molecule has 0 aliphatic carbocycles. The van der Waals surface area contributed by atoms with Crippen molar-refractivity contribution in [1.82, 2.24) is 15.3 Å². The molecule has 0 unspecified atom stereocenters. The van der Waals surface area contributed by atoms with Crippen molar-refractivity contribution in [2.24, 2.45) is 0 Å². The second-order valence-electron chi connectivity index (χ2n) is 5.52. The molecule has 2 aromatic heterocycles. The van der Waals surface area contributed by atoms with Crippen LogP contribution in [-0.2, 0) is 16.6 Å². The van der Waals surface area contributed by atoms with Crippen molar-refractivity contribution < 1.29 is 13.2 Å². The fraction of sp³-hybridized carbons (Fsp3) is 0.118. The number of halogens is 1. The van der Waals surface area contributed by atoms with Crippen LogP contribution in [0.4, 0.5) is 5.13 Å². The molecule has 0 radical (unpaired) electrons. The smallest absolute Gasteiger partial charge is 0.271 e. The van der Waals surface area contributed by atoms with Crippen LogP contribution < -0.4 is 10.0 Å². The van der Waals surface area contributed by atoms with Gasteiger partial charge in [0.15, 0.2) is 5.13 Å². The van der Waals surface area contributed by atoms with E-state index in [1.54, 1.807) is 31.5 Å². The van der Waals surface area contributed by atoms with Gasteiger partial charge in [0.2, 0.25) is 0 Å². The van der Waals surface area contributed by atoms with Gasteiger partial charge in [-0.15, -0.1) is 11.3 Å². The summed E-state index contributed by atoms with van der Waals surface area (Å²) in [6.45, 7) is 2.03. The molecule has 1 aromatic carbocycles. The number of nitrogens with one attached hydrogen (secondary N) is 2. The van der Waals surface area contributed by atoms with E-state index in [1.807, 2.05) is 0 Å². The standard InChI is InChI=1S/C17H15ClN4O3S2/c1-11-15(16(23)20-10-12-6-8-19-9-7-12)21-17(26-11)22-27(24,25)14-4-2-13(18)3-5-14/h2-9H,10H2,1H3,(H,20,23)(H,21,22). The van der Waals surface area contributed by atoms with Crippen LogP contribution in [0.2, 0.25) is 5.02 Å². The predicted octanol–water partition coefficient (Wildman–Crippen LogP) is 3.23. The first-order valence-corrected chi connectivity index (χ1v) is 10.5. The number of hydrogen-bond donors (Lipinski definition) is 2. The normalized spacial score (nSPS) is 11.2. The van der Waals surface area contributed by atoms with Gasteiger partial charge in [0.25, 0.3) is 15.9 Å². The molecule has 3 rings (SSSR count). The molecule has 1 amide bonds. The molecule has 3 aromatic rings. The van der Waals surface area contributed by atoms with Gasteiger partial charge in [-0.1, -0.05) is 11.6 Å². The zero-order valence-corrected chi connectivity index (χ0v) is 16.5. The van der Waals surface area contributed by atoms with Crippen molar-refractivity contribution in [3.05, 3.63) is 69.9 Å². The van der Waals surface area contributed by atoms with Gasteiger partial charge in [-0.25, -0.2) is 13.4 Å². The highest BCUT2D eigenvalue weighted by Gasteiger charge is 2.20. The second-order valence-corrected chi connectivity index (χ2v) is 8.84. The van der Waals surface area contributed by atoms with E-state index in [1.165, 1.54) is 24.3 Å². The highest BCUT2D eigenvalue weighted by molar-refractivity contribution is 7.93. The maximum absolute atomic E-state index is 12.4. The molecule has 140 valence electrons. The number of aromatic nitrogens is 2. The third kappa shape index (κ3) is 4.82. The molecule has 0 spiro atoms. The topological polar surface area (TPSA) is 101 Å². The lowest BCUT2D eigenvalue weighted by Gasteiger charge is -2.05. The van der Waals surface area contributed by atoms with Crippen LogP contribution in [-0.4, -0.2) is 24.3 Å². The Morgan fingerprint density at radius 3 is 2.48 bits per heavy atom. The first-order valence-electron chi connectivity index (χ1n) is 7.78. The van der Waals surface area contributed by atoms with Crippen molar-refractivity contribution >= 4 is 44.0 Å².